The Labute approximate surface area is 128 Å². The molecule has 2 atom stereocenters. The molecular weight excluding hydrogens is 268 g/mol. The Bertz CT molecular complexity index is 369. The fourth-order valence-corrected chi connectivity index (χ4v) is 2.85. The summed E-state index contributed by atoms with van der Waals surface area (Å²) in [5.74, 6) is -0.127. The Kier molecular flexibility index (Phi) is 6.65. The predicted molar refractivity (Wildman–Crippen MR) is 83.1 cm³/mol. The fraction of sp³-hybridized carbons (Fsp3) is 0.875. The minimum Gasteiger partial charge on any atom is -0.481 e. The number of hydrogen-bond donors (Lipinski definition) is 2. The molecule has 21 heavy (non-hydrogen) atoms. The molecular formula is C16H30N2O3. The Morgan fingerprint density at radius 2 is 2.10 bits per heavy atom. The van der Waals surface area contributed by atoms with Crippen molar-refractivity contribution in [1.29, 1.82) is 0 Å². The van der Waals surface area contributed by atoms with Crippen molar-refractivity contribution >= 4 is 11.9 Å². The normalized spacial score (nSPS) is 21.8. The number of amides is 1. The highest BCUT2D eigenvalue weighted by Gasteiger charge is 2.27. The van der Waals surface area contributed by atoms with Crippen molar-refractivity contribution < 1.29 is 14.7 Å². The number of carbonyl (C=O) groups is 2. The van der Waals surface area contributed by atoms with Crippen molar-refractivity contribution in [3.8, 4) is 0 Å². The van der Waals surface area contributed by atoms with E-state index in [1.165, 1.54) is 0 Å². The average Bonchev–Trinajstić information content (AvgIpc) is 2.37. The largest absolute Gasteiger partial charge is 0.481 e. The van der Waals surface area contributed by atoms with Crippen LogP contribution in [0.15, 0.2) is 0 Å². The number of rotatable bonds is 7. The molecule has 0 aromatic rings. The van der Waals surface area contributed by atoms with Gasteiger partial charge in [0, 0.05) is 18.5 Å². The number of carboxylic acid groups (broad SMARTS) is 1. The van der Waals surface area contributed by atoms with Gasteiger partial charge in [0.15, 0.2) is 0 Å². The molecule has 1 aliphatic heterocycles. The Morgan fingerprint density at radius 1 is 1.43 bits per heavy atom. The summed E-state index contributed by atoms with van der Waals surface area (Å²) in [5, 5.41) is 12.0. The van der Waals surface area contributed by atoms with Gasteiger partial charge in [-0.1, -0.05) is 13.8 Å². The van der Waals surface area contributed by atoms with Gasteiger partial charge in [-0.2, -0.15) is 0 Å². The van der Waals surface area contributed by atoms with Crippen LogP contribution >= 0.6 is 0 Å². The fourth-order valence-electron chi connectivity index (χ4n) is 2.85. The zero-order chi connectivity index (χ0) is 16.0. The van der Waals surface area contributed by atoms with E-state index in [4.69, 9.17) is 5.11 Å². The molecule has 0 bridgehead atoms. The first kappa shape index (κ1) is 18.0. The van der Waals surface area contributed by atoms with Crippen LogP contribution in [0, 0.1) is 11.8 Å². The number of carboxylic acids is 1. The zero-order valence-electron chi connectivity index (χ0n) is 13.8. The first-order valence-electron chi connectivity index (χ1n) is 7.98. The second-order valence-corrected chi connectivity index (χ2v) is 7.00. The van der Waals surface area contributed by atoms with Crippen molar-refractivity contribution in [3.63, 3.8) is 0 Å². The maximum absolute atomic E-state index is 12.1. The monoisotopic (exact) mass is 298 g/mol. The van der Waals surface area contributed by atoms with Crippen molar-refractivity contribution in [2.75, 3.05) is 19.6 Å². The predicted octanol–water partition coefficient (Wildman–Crippen LogP) is 2.11. The first-order valence-corrected chi connectivity index (χ1v) is 7.98. The smallest absolute Gasteiger partial charge is 0.303 e. The van der Waals surface area contributed by atoms with Crippen molar-refractivity contribution in [1.82, 2.24) is 10.2 Å². The van der Waals surface area contributed by atoms with Crippen LogP contribution in [0.4, 0.5) is 0 Å². The van der Waals surface area contributed by atoms with Crippen LogP contribution in [0.5, 0.6) is 0 Å². The Morgan fingerprint density at radius 3 is 2.67 bits per heavy atom. The molecule has 2 N–H and O–H groups in total. The molecule has 1 heterocycles. The molecule has 0 spiro atoms. The molecule has 122 valence electrons. The summed E-state index contributed by atoms with van der Waals surface area (Å²) >= 11 is 0. The van der Waals surface area contributed by atoms with Gasteiger partial charge in [-0.15, -0.1) is 0 Å². The number of hydrogen-bond acceptors (Lipinski definition) is 3. The van der Waals surface area contributed by atoms with E-state index in [2.05, 4.69) is 17.1 Å². The van der Waals surface area contributed by atoms with Crippen LogP contribution in [0.3, 0.4) is 0 Å². The highest BCUT2D eigenvalue weighted by molar-refractivity contribution is 5.78. The van der Waals surface area contributed by atoms with Gasteiger partial charge in [0.1, 0.15) is 0 Å². The molecule has 1 saturated heterocycles. The van der Waals surface area contributed by atoms with Crippen molar-refractivity contribution in [2.24, 2.45) is 11.8 Å². The van der Waals surface area contributed by atoms with E-state index in [9.17, 15) is 9.59 Å². The van der Waals surface area contributed by atoms with Crippen LogP contribution in [0.25, 0.3) is 0 Å². The highest BCUT2D eigenvalue weighted by atomic mass is 16.4. The molecule has 1 fully saturated rings. The first-order chi connectivity index (χ1) is 9.73. The lowest BCUT2D eigenvalue weighted by atomic mass is 9.84. The zero-order valence-corrected chi connectivity index (χ0v) is 13.8. The van der Waals surface area contributed by atoms with E-state index in [0.29, 0.717) is 12.5 Å². The lowest BCUT2D eigenvalue weighted by Crippen LogP contribution is -2.49. The van der Waals surface area contributed by atoms with Crippen LogP contribution in [0.1, 0.15) is 53.4 Å². The van der Waals surface area contributed by atoms with E-state index in [-0.39, 0.29) is 23.8 Å². The second kappa shape index (κ2) is 7.78. The third kappa shape index (κ3) is 6.46. The number of likely N-dealkylation sites (tertiary alicyclic amines) is 1. The van der Waals surface area contributed by atoms with Crippen LogP contribution in [-0.2, 0) is 9.59 Å². The lowest BCUT2D eigenvalue weighted by Gasteiger charge is -2.35. The van der Waals surface area contributed by atoms with Gasteiger partial charge in [0.05, 0.1) is 6.54 Å². The van der Waals surface area contributed by atoms with Crippen LogP contribution in [-0.4, -0.2) is 47.1 Å². The number of piperidine rings is 1. The summed E-state index contributed by atoms with van der Waals surface area (Å²) in [6.07, 6.45) is 3.22. The molecule has 1 aliphatic rings. The Hall–Kier alpha value is -1.10. The summed E-state index contributed by atoms with van der Waals surface area (Å²) in [4.78, 5) is 25.1. The third-order valence-corrected chi connectivity index (χ3v) is 4.57. The SMILES string of the molecule is CCC(C)(C)NC(=O)CN1CCCC(C(C)CC(=O)O)C1. The van der Waals surface area contributed by atoms with E-state index >= 15 is 0 Å². The van der Waals surface area contributed by atoms with Gasteiger partial charge in [0.2, 0.25) is 5.91 Å². The van der Waals surface area contributed by atoms with Gasteiger partial charge < -0.3 is 10.4 Å². The molecule has 0 saturated carbocycles. The summed E-state index contributed by atoms with van der Waals surface area (Å²) in [5.41, 5.74) is -0.164. The minimum absolute atomic E-state index is 0.0633. The van der Waals surface area contributed by atoms with E-state index in [0.717, 1.165) is 32.4 Å². The van der Waals surface area contributed by atoms with Crippen LogP contribution < -0.4 is 5.32 Å². The maximum Gasteiger partial charge on any atom is 0.303 e. The molecule has 0 aromatic carbocycles. The third-order valence-electron chi connectivity index (χ3n) is 4.57. The lowest BCUT2D eigenvalue weighted by molar-refractivity contribution is -0.138. The van der Waals surface area contributed by atoms with Gasteiger partial charge in [-0.25, -0.2) is 0 Å². The number of aliphatic carboxylic acids is 1. The molecule has 0 aliphatic carbocycles. The number of nitrogens with one attached hydrogen (secondary N) is 1. The number of nitrogens with zero attached hydrogens (tertiary/aromatic N) is 1. The molecule has 0 aromatic heterocycles. The summed E-state index contributed by atoms with van der Waals surface area (Å²) < 4.78 is 0. The van der Waals surface area contributed by atoms with Gasteiger partial charge in [-0.3, -0.25) is 14.5 Å². The molecule has 5 heteroatoms. The van der Waals surface area contributed by atoms with Gasteiger partial charge >= 0.3 is 5.97 Å². The summed E-state index contributed by atoms with van der Waals surface area (Å²) in [7, 11) is 0. The maximum atomic E-state index is 12.1. The molecule has 0 radical (unpaired) electrons. The molecule has 1 rings (SSSR count). The van der Waals surface area contributed by atoms with Crippen molar-refractivity contribution in [2.45, 2.75) is 58.9 Å². The van der Waals surface area contributed by atoms with E-state index in [1.54, 1.807) is 0 Å². The Balaban J connectivity index is 2.46. The van der Waals surface area contributed by atoms with Gasteiger partial charge in [-0.05, 0) is 51.5 Å². The molecule has 5 nitrogen and oxygen atoms in total. The van der Waals surface area contributed by atoms with E-state index in [1.807, 2.05) is 20.8 Å². The summed E-state index contributed by atoms with van der Waals surface area (Å²) in [6.45, 7) is 10.3. The highest BCUT2D eigenvalue weighted by Crippen LogP contribution is 2.26. The molecule has 2 unspecified atom stereocenters. The van der Waals surface area contributed by atoms with Gasteiger partial charge in [0.25, 0.3) is 0 Å². The molecule has 1 amide bonds. The quantitative estimate of drug-likeness (QED) is 0.755. The van der Waals surface area contributed by atoms with Crippen molar-refractivity contribution in [3.05, 3.63) is 0 Å². The van der Waals surface area contributed by atoms with E-state index < -0.39 is 5.97 Å². The second-order valence-electron chi connectivity index (χ2n) is 7.00. The number of carbonyl (C=O) groups excluding carboxylic acids is 1. The topological polar surface area (TPSA) is 69.6 Å². The van der Waals surface area contributed by atoms with Crippen LogP contribution in [0.2, 0.25) is 0 Å². The average molecular weight is 298 g/mol. The standard InChI is InChI=1S/C16H30N2O3/c1-5-16(3,4)17-14(19)11-18-8-6-7-13(10-18)12(2)9-15(20)21/h12-13H,5-11H2,1-4H3,(H,17,19)(H,20,21). The minimum atomic E-state index is -0.734. The summed E-state index contributed by atoms with van der Waals surface area (Å²) in [6, 6.07) is 0.